The van der Waals surface area contributed by atoms with Crippen molar-refractivity contribution in [2.45, 2.75) is 81.9 Å². The number of aliphatic carboxylic acids is 1. The first kappa shape index (κ1) is 37.9. The Morgan fingerprint density at radius 3 is 1.84 bits per heavy atom. The van der Waals surface area contributed by atoms with Gasteiger partial charge in [0.1, 0.15) is 30.2 Å². The molecule has 5 amide bonds. The maximum absolute atomic E-state index is 13.2. The van der Waals surface area contributed by atoms with Crippen LogP contribution in [0.1, 0.15) is 38.8 Å². The van der Waals surface area contributed by atoms with Gasteiger partial charge in [-0.1, -0.05) is 0 Å². The number of carbonyl (C=O) groups excluding carboxylic acids is 5. The van der Waals surface area contributed by atoms with Crippen LogP contribution in [0.2, 0.25) is 0 Å². The number of unbranched alkanes of at least 4 members (excludes halogenated alkanes) is 1. The number of imidazole rings is 1. The maximum Gasteiger partial charge on any atom is 0.326 e. The molecular formula is C25H43N9O10. The summed E-state index contributed by atoms with van der Waals surface area (Å²) < 4.78 is 0. The quantitative estimate of drug-likeness (QED) is 0.0599. The highest BCUT2D eigenvalue weighted by Crippen LogP contribution is 2.05. The monoisotopic (exact) mass is 629 g/mol. The molecule has 0 spiro atoms. The zero-order valence-corrected chi connectivity index (χ0v) is 24.5. The minimum absolute atomic E-state index is 0.0450. The van der Waals surface area contributed by atoms with E-state index < -0.39 is 91.1 Å². The van der Waals surface area contributed by atoms with Gasteiger partial charge in [0.15, 0.2) is 0 Å². The van der Waals surface area contributed by atoms with Gasteiger partial charge >= 0.3 is 5.97 Å². The molecule has 1 heterocycles. The molecule has 0 aliphatic rings. The molecule has 19 heteroatoms. The molecule has 1 aromatic rings. The highest BCUT2D eigenvalue weighted by Gasteiger charge is 2.34. The summed E-state index contributed by atoms with van der Waals surface area (Å²) in [6.45, 7) is 1.26. The van der Waals surface area contributed by atoms with Gasteiger partial charge in [0, 0.05) is 18.3 Å². The number of hydrogen-bond donors (Lipinski definition) is 12. The summed E-state index contributed by atoms with van der Waals surface area (Å²) in [4.78, 5) is 81.8. The first-order chi connectivity index (χ1) is 20.7. The Hall–Kier alpha value is -4.17. The number of hydrogen-bond acceptors (Lipinski definition) is 12. The Morgan fingerprint density at radius 1 is 0.818 bits per heavy atom. The second-order valence-electron chi connectivity index (χ2n) is 9.99. The largest absolute Gasteiger partial charge is 0.480 e. The number of nitrogens with zero attached hydrogens (tertiary/aromatic N) is 1. The summed E-state index contributed by atoms with van der Waals surface area (Å²) in [7, 11) is 0. The zero-order valence-electron chi connectivity index (χ0n) is 24.5. The third-order valence-corrected chi connectivity index (χ3v) is 6.32. The maximum atomic E-state index is 13.2. The number of nitrogens with two attached hydrogens (primary N) is 2. The van der Waals surface area contributed by atoms with Gasteiger partial charge in [0.2, 0.25) is 29.5 Å². The fourth-order valence-corrected chi connectivity index (χ4v) is 3.86. The average molecular weight is 630 g/mol. The first-order valence-corrected chi connectivity index (χ1v) is 13.8. The van der Waals surface area contributed by atoms with E-state index >= 15 is 0 Å². The summed E-state index contributed by atoms with van der Waals surface area (Å²) in [6, 6.07) is -7.60. The molecule has 1 rings (SSSR count). The van der Waals surface area contributed by atoms with Gasteiger partial charge in [-0.2, -0.15) is 0 Å². The van der Waals surface area contributed by atoms with Crippen LogP contribution in [0.15, 0.2) is 12.5 Å². The number of aliphatic hydroxyl groups excluding tert-OH is 3. The average Bonchev–Trinajstić information content (AvgIpc) is 3.48. The van der Waals surface area contributed by atoms with E-state index in [1.54, 1.807) is 0 Å². The van der Waals surface area contributed by atoms with Crippen molar-refractivity contribution >= 4 is 35.5 Å². The molecule has 14 N–H and O–H groups in total. The Morgan fingerprint density at radius 2 is 1.36 bits per heavy atom. The predicted octanol–water partition coefficient (Wildman–Crippen LogP) is -5.70. The van der Waals surface area contributed by atoms with Crippen molar-refractivity contribution in [1.82, 2.24) is 36.6 Å². The second kappa shape index (κ2) is 19.2. The Bertz CT molecular complexity index is 1100. The Labute approximate surface area is 252 Å². The Balaban J connectivity index is 3.07. The van der Waals surface area contributed by atoms with Crippen LogP contribution in [0.3, 0.4) is 0 Å². The van der Waals surface area contributed by atoms with E-state index in [2.05, 4.69) is 36.6 Å². The van der Waals surface area contributed by atoms with E-state index in [4.69, 9.17) is 11.5 Å². The fourth-order valence-electron chi connectivity index (χ4n) is 3.86. The number of aromatic nitrogens is 2. The lowest BCUT2D eigenvalue weighted by Gasteiger charge is -2.27. The van der Waals surface area contributed by atoms with Gasteiger partial charge < -0.3 is 63.5 Å². The summed E-state index contributed by atoms with van der Waals surface area (Å²) in [5.41, 5.74) is 11.0. The molecule has 0 radical (unpaired) electrons. The second-order valence-corrected chi connectivity index (χ2v) is 9.99. The van der Waals surface area contributed by atoms with Crippen LogP contribution < -0.4 is 38.1 Å². The third-order valence-electron chi connectivity index (χ3n) is 6.32. The fraction of sp³-hybridized carbons (Fsp3) is 0.640. The molecular weight excluding hydrogens is 586 g/mol. The number of H-pyrrole nitrogens is 1. The van der Waals surface area contributed by atoms with Gasteiger partial charge in [-0.3, -0.25) is 24.0 Å². The summed E-state index contributed by atoms with van der Waals surface area (Å²) >= 11 is 0. The minimum atomic E-state index is -1.69. The number of aromatic amines is 1. The molecule has 248 valence electrons. The van der Waals surface area contributed by atoms with Gasteiger partial charge in [-0.25, -0.2) is 9.78 Å². The minimum Gasteiger partial charge on any atom is -0.480 e. The standard InChI is InChI=1S/C25H43N9O10/c1-12(36)19(33-18(38)8-27)23(41)31-16(7-14-9-28-11-29-14)21(39)32-17(10-35)22(40)34-20(13(2)37)24(42)30-15(25(43)44)5-3-4-6-26/h9,11-13,15-17,19-20,35-37H,3-8,10,26-27H2,1-2H3,(H,28,29)(H,30,42)(H,31,41)(H,32,39)(H,33,38)(H,34,40)(H,43,44)/t12-,13-,15+,16+,17+,19+,20+/m1/s1. The molecule has 44 heavy (non-hydrogen) atoms. The number of amides is 5. The summed E-state index contributed by atoms with van der Waals surface area (Å²) in [6.07, 6.45) is 0.520. The van der Waals surface area contributed by atoms with Crippen molar-refractivity contribution in [2.75, 3.05) is 19.7 Å². The lowest BCUT2D eigenvalue weighted by atomic mass is 10.1. The highest BCUT2D eigenvalue weighted by atomic mass is 16.4. The Kier molecular flexibility index (Phi) is 16.5. The van der Waals surface area contributed by atoms with Gasteiger partial charge in [-0.05, 0) is 39.7 Å². The predicted molar refractivity (Wildman–Crippen MR) is 152 cm³/mol. The van der Waals surface area contributed by atoms with Crippen LogP contribution in [0.5, 0.6) is 0 Å². The molecule has 1 aromatic heterocycles. The van der Waals surface area contributed by atoms with Crippen molar-refractivity contribution in [3.63, 3.8) is 0 Å². The van der Waals surface area contributed by atoms with E-state index in [1.165, 1.54) is 26.4 Å². The topological polar surface area (TPSA) is 324 Å². The van der Waals surface area contributed by atoms with Crippen LogP contribution in [0.25, 0.3) is 0 Å². The lowest BCUT2D eigenvalue weighted by Crippen LogP contribution is -2.62. The van der Waals surface area contributed by atoms with E-state index in [0.717, 1.165) is 0 Å². The third kappa shape index (κ3) is 12.6. The van der Waals surface area contributed by atoms with Crippen LogP contribution in [0.4, 0.5) is 0 Å². The van der Waals surface area contributed by atoms with E-state index in [-0.39, 0.29) is 12.8 Å². The molecule has 0 aliphatic carbocycles. The summed E-state index contributed by atoms with van der Waals surface area (Å²) in [5.74, 6) is -6.17. The van der Waals surface area contributed by atoms with Gasteiger partial charge in [0.25, 0.3) is 0 Å². The van der Waals surface area contributed by atoms with Crippen molar-refractivity contribution in [3.8, 4) is 0 Å². The number of aliphatic hydroxyl groups is 3. The number of nitrogens with one attached hydrogen (secondary N) is 6. The lowest BCUT2D eigenvalue weighted by molar-refractivity contribution is -0.143. The summed E-state index contributed by atoms with van der Waals surface area (Å²) in [5, 5.41) is 50.7. The smallest absolute Gasteiger partial charge is 0.326 e. The highest BCUT2D eigenvalue weighted by molar-refractivity contribution is 5.96. The van der Waals surface area contributed by atoms with Gasteiger partial charge in [-0.15, -0.1) is 0 Å². The molecule has 0 fully saturated rings. The van der Waals surface area contributed by atoms with Crippen molar-refractivity contribution in [2.24, 2.45) is 11.5 Å². The molecule has 0 saturated heterocycles. The van der Waals surface area contributed by atoms with Crippen molar-refractivity contribution in [1.29, 1.82) is 0 Å². The molecule has 0 bridgehead atoms. The molecule has 0 unspecified atom stereocenters. The molecule has 0 aliphatic heterocycles. The number of carboxylic acids is 1. The van der Waals surface area contributed by atoms with E-state index in [9.17, 15) is 49.2 Å². The van der Waals surface area contributed by atoms with E-state index in [0.29, 0.717) is 25.1 Å². The molecule has 19 nitrogen and oxygen atoms in total. The van der Waals surface area contributed by atoms with Crippen LogP contribution in [0, 0.1) is 0 Å². The van der Waals surface area contributed by atoms with Crippen molar-refractivity contribution in [3.05, 3.63) is 18.2 Å². The first-order valence-electron chi connectivity index (χ1n) is 13.8. The van der Waals surface area contributed by atoms with Crippen LogP contribution >= 0.6 is 0 Å². The molecule has 0 aromatic carbocycles. The number of carboxylic acid groups (broad SMARTS) is 1. The van der Waals surface area contributed by atoms with Crippen LogP contribution in [-0.4, -0.2) is 128 Å². The SMILES string of the molecule is C[C@@H](O)[C@H](NC(=O)CN)C(=O)N[C@@H](Cc1cnc[nH]1)C(=O)N[C@@H](CO)C(=O)N[C@H](C(=O)N[C@@H](CCCCN)C(=O)O)[C@@H](C)O. The molecule has 7 atom stereocenters. The zero-order chi connectivity index (χ0) is 33.4. The number of rotatable bonds is 20. The van der Waals surface area contributed by atoms with E-state index in [1.807, 2.05) is 0 Å². The van der Waals surface area contributed by atoms with Crippen LogP contribution in [-0.2, 0) is 35.2 Å². The number of carbonyl (C=O) groups is 6. The van der Waals surface area contributed by atoms with Gasteiger partial charge in [0.05, 0.1) is 31.7 Å². The van der Waals surface area contributed by atoms with Crippen molar-refractivity contribution < 1.29 is 49.2 Å². The normalized spacial score (nSPS) is 15.8. The molecule has 0 saturated carbocycles.